The SMILES string of the molecule is CCC=CC1(OC2(C=CCC)CCCCC2)CCCCC1. The van der Waals surface area contributed by atoms with Gasteiger partial charge in [-0.05, 0) is 38.5 Å². The lowest BCUT2D eigenvalue weighted by Crippen LogP contribution is -2.45. The minimum absolute atomic E-state index is 0.0175. The Morgan fingerprint density at radius 3 is 1.38 bits per heavy atom. The zero-order chi connectivity index (χ0) is 15.0. The van der Waals surface area contributed by atoms with Crippen LogP contribution < -0.4 is 0 Å². The van der Waals surface area contributed by atoms with Crippen molar-refractivity contribution in [2.24, 2.45) is 0 Å². The van der Waals surface area contributed by atoms with E-state index in [2.05, 4.69) is 38.2 Å². The Hall–Kier alpha value is -0.560. The fraction of sp³-hybridized carbons (Fsp3) is 0.800. The summed E-state index contributed by atoms with van der Waals surface area (Å²) >= 11 is 0. The van der Waals surface area contributed by atoms with Gasteiger partial charge in [0.05, 0.1) is 11.2 Å². The second-order valence-electron chi connectivity index (χ2n) is 6.97. The Kier molecular flexibility index (Phi) is 6.54. The van der Waals surface area contributed by atoms with Crippen molar-refractivity contribution in [2.75, 3.05) is 0 Å². The molecule has 0 bridgehead atoms. The van der Waals surface area contributed by atoms with Gasteiger partial charge in [0, 0.05) is 0 Å². The topological polar surface area (TPSA) is 9.23 Å². The van der Waals surface area contributed by atoms with Crippen LogP contribution in [0.15, 0.2) is 24.3 Å². The van der Waals surface area contributed by atoms with Crippen LogP contribution in [0.2, 0.25) is 0 Å². The Balaban J connectivity index is 2.17. The second-order valence-corrected chi connectivity index (χ2v) is 6.97. The van der Waals surface area contributed by atoms with Gasteiger partial charge < -0.3 is 4.74 Å². The van der Waals surface area contributed by atoms with E-state index in [0.717, 1.165) is 12.8 Å². The zero-order valence-electron chi connectivity index (χ0n) is 14.2. The van der Waals surface area contributed by atoms with Crippen LogP contribution in [0.5, 0.6) is 0 Å². The van der Waals surface area contributed by atoms with E-state index in [1.54, 1.807) is 0 Å². The summed E-state index contributed by atoms with van der Waals surface area (Å²) < 4.78 is 6.94. The molecule has 0 aromatic rings. The van der Waals surface area contributed by atoms with E-state index in [4.69, 9.17) is 4.74 Å². The lowest BCUT2D eigenvalue weighted by atomic mass is 9.80. The van der Waals surface area contributed by atoms with Crippen LogP contribution in [0.3, 0.4) is 0 Å². The minimum Gasteiger partial charge on any atom is -0.360 e. The van der Waals surface area contributed by atoms with Crippen molar-refractivity contribution < 1.29 is 4.74 Å². The fourth-order valence-corrected chi connectivity index (χ4v) is 3.98. The summed E-state index contributed by atoms with van der Waals surface area (Å²) in [7, 11) is 0. The zero-order valence-corrected chi connectivity index (χ0v) is 14.2. The van der Waals surface area contributed by atoms with E-state index in [0.29, 0.717) is 0 Å². The maximum absolute atomic E-state index is 6.94. The molecular formula is C20H34O. The molecule has 2 aliphatic carbocycles. The van der Waals surface area contributed by atoms with Gasteiger partial charge in [0.15, 0.2) is 0 Å². The quantitative estimate of drug-likeness (QED) is 0.518. The first-order valence-corrected chi connectivity index (χ1v) is 9.30. The van der Waals surface area contributed by atoms with E-state index < -0.39 is 0 Å². The van der Waals surface area contributed by atoms with Crippen LogP contribution in [0, 0.1) is 0 Å². The van der Waals surface area contributed by atoms with E-state index in [9.17, 15) is 0 Å². The first kappa shape index (κ1) is 16.8. The molecule has 2 saturated carbocycles. The Labute approximate surface area is 131 Å². The molecule has 1 nitrogen and oxygen atoms in total. The van der Waals surface area contributed by atoms with Gasteiger partial charge in [-0.25, -0.2) is 0 Å². The Morgan fingerprint density at radius 1 is 0.667 bits per heavy atom. The number of ether oxygens (including phenoxy) is 1. The largest absolute Gasteiger partial charge is 0.360 e. The van der Waals surface area contributed by atoms with Crippen molar-refractivity contribution in [3.8, 4) is 0 Å². The third kappa shape index (κ3) is 4.71. The molecule has 0 radical (unpaired) electrons. The van der Waals surface area contributed by atoms with Crippen molar-refractivity contribution >= 4 is 0 Å². The minimum atomic E-state index is 0.0175. The van der Waals surface area contributed by atoms with E-state index in [1.807, 2.05) is 0 Å². The first-order chi connectivity index (χ1) is 10.2. The highest BCUT2D eigenvalue weighted by atomic mass is 16.5. The predicted octanol–water partition coefficient (Wildman–Crippen LogP) is 6.34. The van der Waals surface area contributed by atoms with Gasteiger partial charge in [-0.15, -0.1) is 0 Å². The number of hydrogen-bond acceptors (Lipinski definition) is 1. The molecule has 21 heavy (non-hydrogen) atoms. The molecule has 0 N–H and O–H groups in total. The molecule has 0 spiro atoms. The monoisotopic (exact) mass is 290 g/mol. The highest BCUT2D eigenvalue weighted by Crippen LogP contribution is 2.42. The second kappa shape index (κ2) is 8.17. The van der Waals surface area contributed by atoms with Crippen LogP contribution in [-0.4, -0.2) is 11.2 Å². The van der Waals surface area contributed by atoms with Gasteiger partial charge in [-0.1, -0.05) is 76.7 Å². The molecule has 0 aromatic carbocycles. The normalized spacial score (nSPS) is 25.6. The molecule has 0 amide bonds. The number of hydrogen-bond donors (Lipinski definition) is 0. The van der Waals surface area contributed by atoms with Gasteiger partial charge in [0.1, 0.15) is 0 Å². The van der Waals surface area contributed by atoms with Crippen molar-refractivity contribution in [3.63, 3.8) is 0 Å². The Morgan fingerprint density at radius 2 is 1.05 bits per heavy atom. The predicted molar refractivity (Wildman–Crippen MR) is 91.6 cm³/mol. The standard InChI is InChI=1S/C20H34O/c1-3-5-13-19(15-9-7-10-16-19)21-20(14-6-4-2)17-11-8-12-18-20/h5-6,13-14H,3-4,7-12,15-18H2,1-2H3. The highest BCUT2D eigenvalue weighted by molar-refractivity contribution is 5.10. The molecule has 0 saturated heterocycles. The van der Waals surface area contributed by atoms with Crippen molar-refractivity contribution in [1.82, 2.24) is 0 Å². The molecule has 120 valence electrons. The molecule has 0 heterocycles. The van der Waals surface area contributed by atoms with Gasteiger partial charge in [-0.3, -0.25) is 0 Å². The van der Waals surface area contributed by atoms with Gasteiger partial charge in [0.25, 0.3) is 0 Å². The third-order valence-corrected chi connectivity index (χ3v) is 5.12. The van der Waals surface area contributed by atoms with Crippen LogP contribution in [0.4, 0.5) is 0 Å². The van der Waals surface area contributed by atoms with E-state index in [-0.39, 0.29) is 11.2 Å². The maximum atomic E-state index is 6.94. The maximum Gasteiger partial charge on any atom is 0.0874 e. The average Bonchev–Trinajstić information content (AvgIpc) is 2.53. The van der Waals surface area contributed by atoms with Crippen molar-refractivity contribution in [2.45, 2.75) is 102 Å². The smallest absolute Gasteiger partial charge is 0.0874 e. The number of allylic oxidation sites excluding steroid dienone is 2. The summed E-state index contributed by atoms with van der Waals surface area (Å²) in [6.45, 7) is 4.45. The summed E-state index contributed by atoms with van der Waals surface area (Å²) in [6.07, 6.45) is 24.6. The summed E-state index contributed by atoms with van der Waals surface area (Å²) in [5, 5.41) is 0. The first-order valence-electron chi connectivity index (χ1n) is 9.30. The molecular weight excluding hydrogens is 256 g/mol. The van der Waals surface area contributed by atoms with Crippen LogP contribution in [-0.2, 0) is 4.74 Å². The molecule has 0 aliphatic heterocycles. The number of rotatable bonds is 6. The van der Waals surface area contributed by atoms with Gasteiger partial charge in [-0.2, -0.15) is 0 Å². The molecule has 1 heteroatoms. The fourth-order valence-electron chi connectivity index (χ4n) is 3.98. The summed E-state index contributed by atoms with van der Waals surface area (Å²) in [6, 6.07) is 0. The van der Waals surface area contributed by atoms with Crippen molar-refractivity contribution in [1.29, 1.82) is 0 Å². The molecule has 0 atom stereocenters. The van der Waals surface area contributed by atoms with Crippen LogP contribution in [0.25, 0.3) is 0 Å². The molecule has 2 fully saturated rings. The highest BCUT2D eigenvalue weighted by Gasteiger charge is 2.40. The van der Waals surface area contributed by atoms with Crippen molar-refractivity contribution in [3.05, 3.63) is 24.3 Å². The van der Waals surface area contributed by atoms with Gasteiger partial charge >= 0.3 is 0 Å². The molecule has 0 unspecified atom stereocenters. The Bertz CT molecular complexity index is 307. The lowest BCUT2D eigenvalue weighted by Gasteiger charge is -2.45. The summed E-state index contributed by atoms with van der Waals surface area (Å²) in [5.41, 5.74) is 0.0351. The summed E-state index contributed by atoms with van der Waals surface area (Å²) in [5.74, 6) is 0. The molecule has 2 rings (SSSR count). The molecule has 0 aromatic heterocycles. The lowest BCUT2D eigenvalue weighted by molar-refractivity contribution is -0.137. The van der Waals surface area contributed by atoms with Crippen LogP contribution >= 0.6 is 0 Å². The average molecular weight is 290 g/mol. The molecule has 2 aliphatic rings. The van der Waals surface area contributed by atoms with E-state index in [1.165, 1.54) is 64.2 Å². The summed E-state index contributed by atoms with van der Waals surface area (Å²) in [4.78, 5) is 0. The van der Waals surface area contributed by atoms with Crippen LogP contribution in [0.1, 0.15) is 90.9 Å². The van der Waals surface area contributed by atoms with E-state index >= 15 is 0 Å². The van der Waals surface area contributed by atoms with Gasteiger partial charge in [0.2, 0.25) is 0 Å². The third-order valence-electron chi connectivity index (χ3n) is 5.12.